The largest absolute Gasteiger partial charge is 0.355 e. The van der Waals surface area contributed by atoms with E-state index in [9.17, 15) is 4.79 Å². The highest BCUT2D eigenvalue weighted by molar-refractivity contribution is 7.13. The first-order valence-corrected chi connectivity index (χ1v) is 7.40. The number of hydrogen-bond donors (Lipinski definition) is 1. The number of nitrogens with zero attached hydrogens (tertiary/aromatic N) is 1. The fraction of sp³-hybridized carbons (Fsp3) is 0.125. The van der Waals surface area contributed by atoms with Crippen molar-refractivity contribution in [2.45, 2.75) is 13.8 Å². The average Bonchev–Trinajstić information content (AvgIpc) is 3.10. The fourth-order valence-electron chi connectivity index (χ4n) is 2.06. The van der Waals surface area contributed by atoms with E-state index in [1.54, 1.807) is 17.4 Å². The van der Waals surface area contributed by atoms with E-state index in [1.165, 1.54) is 0 Å². The Hall–Kier alpha value is -2.40. The van der Waals surface area contributed by atoms with Crippen molar-refractivity contribution in [3.05, 3.63) is 58.6 Å². The number of carbonyl (C=O) groups excluding carboxylic acids is 1. The molecule has 0 atom stereocenters. The standard InChI is InChI=1S/C16H14N2O2S/c1-10-5-6-12(11(2)8-10)17-16(19)13-9-14(20-18-13)15-4-3-7-21-15/h3-9H,1-2H3,(H,17,19). The first-order chi connectivity index (χ1) is 10.1. The zero-order valence-corrected chi connectivity index (χ0v) is 12.5. The molecule has 1 amide bonds. The number of hydrogen-bond acceptors (Lipinski definition) is 4. The van der Waals surface area contributed by atoms with E-state index in [4.69, 9.17) is 4.52 Å². The Kier molecular flexibility index (Phi) is 3.58. The van der Waals surface area contributed by atoms with E-state index in [-0.39, 0.29) is 11.6 Å². The van der Waals surface area contributed by atoms with Gasteiger partial charge < -0.3 is 9.84 Å². The Morgan fingerprint density at radius 1 is 1.24 bits per heavy atom. The maximum Gasteiger partial charge on any atom is 0.277 e. The van der Waals surface area contributed by atoms with Gasteiger partial charge >= 0.3 is 0 Å². The number of aryl methyl sites for hydroxylation is 2. The van der Waals surface area contributed by atoms with Crippen LogP contribution in [0.5, 0.6) is 0 Å². The van der Waals surface area contributed by atoms with Gasteiger partial charge in [-0.1, -0.05) is 28.9 Å². The molecule has 106 valence electrons. The number of anilines is 1. The van der Waals surface area contributed by atoms with Crippen molar-refractivity contribution in [2.24, 2.45) is 0 Å². The minimum absolute atomic E-state index is 0.270. The molecule has 3 aromatic rings. The lowest BCUT2D eigenvalue weighted by Gasteiger charge is -2.07. The second-order valence-corrected chi connectivity index (χ2v) is 5.77. The summed E-state index contributed by atoms with van der Waals surface area (Å²) >= 11 is 1.54. The summed E-state index contributed by atoms with van der Waals surface area (Å²) in [5.74, 6) is 0.337. The zero-order chi connectivity index (χ0) is 14.8. The number of amides is 1. The summed E-state index contributed by atoms with van der Waals surface area (Å²) in [6.07, 6.45) is 0. The van der Waals surface area contributed by atoms with Crippen LogP contribution in [-0.4, -0.2) is 11.1 Å². The van der Waals surface area contributed by atoms with Crippen LogP contribution in [0.1, 0.15) is 21.6 Å². The van der Waals surface area contributed by atoms with Gasteiger partial charge in [-0.05, 0) is 36.9 Å². The van der Waals surface area contributed by atoms with Gasteiger partial charge in [-0.2, -0.15) is 0 Å². The predicted octanol–water partition coefficient (Wildman–Crippen LogP) is 4.27. The summed E-state index contributed by atoms with van der Waals surface area (Å²) in [5.41, 5.74) is 3.24. The topological polar surface area (TPSA) is 55.1 Å². The summed E-state index contributed by atoms with van der Waals surface area (Å²) < 4.78 is 5.22. The summed E-state index contributed by atoms with van der Waals surface area (Å²) in [6.45, 7) is 3.98. The Labute approximate surface area is 126 Å². The highest BCUT2D eigenvalue weighted by Crippen LogP contribution is 2.25. The molecular weight excluding hydrogens is 284 g/mol. The van der Waals surface area contributed by atoms with Gasteiger partial charge in [-0.3, -0.25) is 4.79 Å². The number of aromatic nitrogens is 1. The van der Waals surface area contributed by atoms with Crippen molar-refractivity contribution in [1.82, 2.24) is 5.16 Å². The van der Waals surface area contributed by atoms with Crippen molar-refractivity contribution in [3.63, 3.8) is 0 Å². The van der Waals surface area contributed by atoms with Crippen molar-refractivity contribution < 1.29 is 9.32 Å². The molecule has 0 unspecified atom stereocenters. The molecule has 1 N–H and O–H groups in total. The Morgan fingerprint density at radius 2 is 2.10 bits per heavy atom. The van der Waals surface area contributed by atoms with Crippen LogP contribution in [0.3, 0.4) is 0 Å². The minimum atomic E-state index is -0.270. The third-order valence-electron chi connectivity index (χ3n) is 3.14. The first kappa shape index (κ1) is 13.6. The van der Waals surface area contributed by atoms with Crippen LogP contribution in [0.2, 0.25) is 0 Å². The number of thiophene rings is 1. The van der Waals surface area contributed by atoms with Gasteiger partial charge in [0.2, 0.25) is 0 Å². The molecule has 0 saturated heterocycles. The summed E-state index contributed by atoms with van der Waals surface area (Å²) in [4.78, 5) is 13.2. The molecular formula is C16H14N2O2S. The number of nitrogens with one attached hydrogen (secondary N) is 1. The van der Waals surface area contributed by atoms with Crippen molar-refractivity contribution >= 4 is 22.9 Å². The van der Waals surface area contributed by atoms with E-state index < -0.39 is 0 Å². The van der Waals surface area contributed by atoms with Gasteiger partial charge in [0.05, 0.1) is 4.88 Å². The molecule has 2 aromatic heterocycles. The van der Waals surface area contributed by atoms with Gasteiger partial charge in [0.1, 0.15) is 0 Å². The summed E-state index contributed by atoms with van der Waals surface area (Å²) in [7, 11) is 0. The van der Waals surface area contributed by atoms with Gasteiger partial charge in [0.15, 0.2) is 11.5 Å². The van der Waals surface area contributed by atoms with Crippen LogP contribution in [-0.2, 0) is 0 Å². The Balaban J connectivity index is 1.79. The minimum Gasteiger partial charge on any atom is -0.355 e. The van der Waals surface area contributed by atoms with Gasteiger partial charge in [-0.15, -0.1) is 11.3 Å². The van der Waals surface area contributed by atoms with Crippen molar-refractivity contribution in [1.29, 1.82) is 0 Å². The monoisotopic (exact) mass is 298 g/mol. The highest BCUT2D eigenvalue weighted by atomic mass is 32.1. The van der Waals surface area contributed by atoms with Crippen molar-refractivity contribution in [2.75, 3.05) is 5.32 Å². The first-order valence-electron chi connectivity index (χ1n) is 6.52. The zero-order valence-electron chi connectivity index (χ0n) is 11.7. The van der Waals surface area contributed by atoms with Gasteiger partial charge in [0.25, 0.3) is 5.91 Å². The highest BCUT2D eigenvalue weighted by Gasteiger charge is 2.15. The molecule has 21 heavy (non-hydrogen) atoms. The number of carbonyl (C=O) groups is 1. The van der Waals surface area contributed by atoms with Crippen LogP contribution in [0.25, 0.3) is 10.6 Å². The van der Waals surface area contributed by atoms with Crippen LogP contribution in [0.4, 0.5) is 5.69 Å². The second-order valence-electron chi connectivity index (χ2n) is 4.83. The lowest BCUT2D eigenvalue weighted by Crippen LogP contribution is -2.13. The number of rotatable bonds is 3. The molecule has 0 spiro atoms. The Morgan fingerprint density at radius 3 is 2.81 bits per heavy atom. The lowest BCUT2D eigenvalue weighted by molar-refractivity contribution is 0.101. The maximum atomic E-state index is 12.2. The molecule has 5 heteroatoms. The summed E-state index contributed by atoms with van der Waals surface area (Å²) in [5, 5.41) is 8.64. The van der Waals surface area contributed by atoms with Gasteiger partial charge in [-0.25, -0.2) is 0 Å². The quantitative estimate of drug-likeness (QED) is 0.785. The Bertz CT molecular complexity index is 775. The van der Waals surface area contributed by atoms with E-state index in [1.807, 2.05) is 49.6 Å². The SMILES string of the molecule is Cc1ccc(NC(=O)c2cc(-c3cccs3)on2)c(C)c1. The van der Waals surface area contributed by atoms with Crippen molar-refractivity contribution in [3.8, 4) is 10.6 Å². The summed E-state index contributed by atoms with van der Waals surface area (Å²) in [6, 6.07) is 11.4. The second kappa shape index (κ2) is 5.54. The molecule has 0 saturated carbocycles. The molecule has 1 aromatic carbocycles. The molecule has 0 aliphatic carbocycles. The molecule has 0 bridgehead atoms. The molecule has 0 aliphatic rings. The van der Waals surface area contributed by atoms with E-state index in [0.29, 0.717) is 5.76 Å². The normalized spacial score (nSPS) is 10.6. The number of benzene rings is 1. The third kappa shape index (κ3) is 2.87. The molecule has 0 aliphatic heterocycles. The molecule has 2 heterocycles. The molecule has 3 rings (SSSR count). The average molecular weight is 298 g/mol. The van der Waals surface area contributed by atoms with Gasteiger partial charge in [0, 0.05) is 11.8 Å². The fourth-order valence-corrected chi connectivity index (χ4v) is 2.73. The predicted molar refractivity (Wildman–Crippen MR) is 83.7 cm³/mol. The van der Waals surface area contributed by atoms with E-state index in [0.717, 1.165) is 21.7 Å². The molecule has 0 fully saturated rings. The smallest absolute Gasteiger partial charge is 0.277 e. The van der Waals surface area contributed by atoms with Crippen LogP contribution in [0, 0.1) is 13.8 Å². The van der Waals surface area contributed by atoms with Crippen LogP contribution < -0.4 is 5.32 Å². The lowest BCUT2D eigenvalue weighted by atomic mass is 10.1. The maximum absolute atomic E-state index is 12.2. The van der Waals surface area contributed by atoms with E-state index in [2.05, 4.69) is 10.5 Å². The molecule has 0 radical (unpaired) electrons. The van der Waals surface area contributed by atoms with Crippen LogP contribution in [0.15, 0.2) is 46.3 Å². The third-order valence-corrected chi connectivity index (χ3v) is 4.02. The van der Waals surface area contributed by atoms with Crippen LogP contribution >= 0.6 is 11.3 Å². The van der Waals surface area contributed by atoms with E-state index >= 15 is 0 Å². The molecule has 4 nitrogen and oxygen atoms in total.